The van der Waals surface area contributed by atoms with Crippen molar-refractivity contribution in [2.75, 3.05) is 0 Å². The van der Waals surface area contributed by atoms with Gasteiger partial charge in [-0.05, 0) is 25.7 Å². The molecule has 1 aliphatic carbocycles. The molecule has 16 heavy (non-hydrogen) atoms. The molecule has 0 unspecified atom stereocenters. The van der Waals surface area contributed by atoms with Gasteiger partial charge in [-0.2, -0.15) is 0 Å². The molecule has 1 aliphatic rings. The van der Waals surface area contributed by atoms with E-state index in [9.17, 15) is 4.79 Å². The lowest BCUT2D eigenvalue weighted by atomic mass is 9.87. The highest BCUT2D eigenvalue weighted by atomic mass is 16.5. The Morgan fingerprint density at radius 3 is 2.69 bits per heavy atom. The molecule has 1 saturated carbocycles. The second-order valence-corrected chi connectivity index (χ2v) is 4.26. The number of carboxylic acids is 1. The van der Waals surface area contributed by atoms with Crippen LogP contribution in [0, 0.1) is 5.92 Å². The van der Waals surface area contributed by atoms with E-state index in [1.54, 1.807) is 4.68 Å². The minimum Gasteiger partial charge on any atom is -0.481 e. The maximum absolute atomic E-state index is 10.8. The van der Waals surface area contributed by atoms with Crippen molar-refractivity contribution >= 4 is 5.97 Å². The van der Waals surface area contributed by atoms with Crippen molar-refractivity contribution < 1.29 is 14.6 Å². The Morgan fingerprint density at radius 1 is 1.50 bits per heavy atom. The first-order chi connectivity index (χ1) is 7.65. The fourth-order valence-electron chi connectivity index (χ4n) is 2.06. The summed E-state index contributed by atoms with van der Waals surface area (Å²) in [7, 11) is 1.84. The Labute approximate surface area is 94.0 Å². The van der Waals surface area contributed by atoms with Gasteiger partial charge in [0, 0.05) is 19.3 Å². The third-order valence-corrected chi connectivity index (χ3v) is 3.00. The van der Waals surface area contributed by atoms with Crippen LogP contribution in [0.15, 0.2) is 12.3 Å². The van der Waals surface area contributed by atoms with Crippen molar-refractivity contribution in [1.29, 1.82) is 0 Å². The normalized spacial score (nSPS) is 25.3. The van der Waals surface area contributed by atoms with E-state index >= 15 is 0 Å². The first kappa shape index (κ1) is 11.0. The summed E-state index contributed by atoms with van der Waals surface area (Å²) in [5, 5.41) is 13.0. The quantitative estimate of drug-likeness (QED) is 0.843. The molecule has 1 N–H and O–H groups in total. The lowest BCUT2D eigenvalue weighted by molar-refractivity contribution is -0.143. The topological polar surface area (TPSA) is 64.3 Å². The van der Waals surface area contributed by atoms with Gasteiger partial charge in [0.1, 0.15) is 6.10 Å². The zero-order valence-electron chi connectivity index (χ0n) is 9.30. The smallest absolute Gasteiger partial charge is 0.306 e. The van der Waals surface area contributed by atoms with Crippen LogP contribution in [-0.2, 0) is 11.8 Å². The molecule has 88 valence electrons. The van der Waals surface area contributed by atoms with Crippen LogP contribution in [0.3, 0.4) is 0 Å². The number of ether oxygens (including phenoxy) is 1. The van der Waals surface area contributed by atoms with Crippen LogP contribution in [0.5, 0.6) is 5.88 Å². The fraction of sp³-hybridized carbons (Fsp3) is 0.636. The predicted octanol–water partition coefficient (Wildman–Crippen LogP) is 1.44. The monoisotopic (exact) mass is 224 g/mol. The van der Waals surface area contributed by atoms with E-state index in [-0.39, 0.29) is 12.0 Å². The van der Waals surface area contributed by atoms with Crippen LogP contribution >= 0.6 is 0 Å². The first-order valence-electron chi connectivity index (χ1n) is 5.54. The lowest BCUT2D eigenvalue weighted by Crippen LogP contribution is -2.27. The van der Waals surface area contributed by atoms with E-state index in [0.717, 1.165) is 12.8 Å². The third kappa shape index (κ3) is 2.53. The van der Waals surface area contributed by atoms with Crippen LogP contribution in [-0.4, -0.2) is 27.0 Å². The van der Waals surface area contributed by atoms with Crippen LogP contribution < -0.4 is 4.74 Å². The summed E-state index contributed by atoms with van der Waals surface area (Å²) in [4.78, 5) is 10.8. The molecule has 0 radical (unpaired) electrons. The summed E-state index contributed by atoms with van der Waals surface area (Å²) in [5.74, 6) is -0.249. The maximum atomic E-state index is 10.8. The molecule has 1 aromatic rings. The largest absolute Gasteiger partial charge is 0.481 e. The molecule has 1 aromatic heterocycles. The van der Waals surface area contributed by atoms with Gasteiger partial charge in [0.25, 0.3) is 0 Å². The number of hydrogen-bond donors (Lipinski definition) is 1. The molecular weight excluding hydrogens is 208 g/mol. The Morgan fingerprint density at radius 2 is 2.19 bits per heavy atom. The highest BCUT2D eigenvalue weighted by Gasteiger charge is 2.27. The summed E-state index contributed by atoms with van der Waals surface area (Å²) in [5.41, 5.74) is 0. The standard InChI is InChI=1S/C11H16N2O3/c1-13-7-6-10(12-13)16-9-4-2-8(3-5-9)11(14)15/h6-9H,2-5H2,1H3,(H,14,15). The molecule has 0 atom stereocenters. The van der Waals surface area contributed by atoms with E-state index in [0.29, 0.717) is 18.7 Å². The molecule has 0 bridgehead atoms. The number of carbonyl (C=O) groups is 1. The zero-order chi connectivity index (χ0) is 11.5. The molecule has 2 rings (SSSR count). The highest BCUT2D eigenvalue weighted by Crippen LogP contribution is 2.27. The van der Waals surface area contributed by atoms with E-state index in [1.165, 1.54) is 0 Å². The summed E-state index contributed by atoms with van der Waals surface area (Å²) < 4.78 is 7.37. The van der Waals surface area contributed by atoms with Crippen molar-refractivity contribution in [2.24, 2.45) is 13.0 Å². The molecule has 5 nitrogen and oxygen atoms in total. The predicted molar refractivity (Wildman–Crippen MR) is 57.2 cm³/mol. The summed E-state index contributed by atoms with van der Waals surface area (Å²) in [6, 6.07) is 1.82. The first-order valence-corrected chi connectivity index (χ1v) is 5.54. The van der Waals surface area contributed by atoms with Gasteiger partial charge in [0.05, 0.1) is 5.92 Å². The van der Waals surface area contributed by atoms with Gasteiger partial charge in [0.15, 0.2) is 0 Å². The molecular formula is C11H16N2O3. The molecule has 0 spiro atoms. The van der Waals surface area contributed by atoms with Gasteiger partial charge >= 0.3 is 5.97 Å². The Bertz CT molecular complexity index is 367. The number of rotatable bonds is 3. The summed E-state index contributed by atoms with van der Waals surface area (Å²) in [6.07, 6.45) is 4.95. The highest BCUT2D eigenvalue weighted by molar-refractivity contribution is 5.70. The molecule has 0 aliphatic heterocycles. The average molecular weight is 224 g/mol. The number of carboxylic acid groups (broad SMARTS) is 1. The van der Waals surface area contributed by atoms with Crippen LogP contribution in [0.4, 0.5) is 0 Å². The molecule has 0 amide bonds. The number of aryl methyl sites for hydroxylation is 1. The second-order valence-electron chi connectivity index (χ2n) is 4.26. The number of aliphatic carboxylic acids is 1. The van der Waals surface area contributed by atoms with E-state index in [1.807, 2.05) is 19.3 Å². The van der Waals surface area contributed by atoms with Crippen molar-refractivity contribution in [1.82, 2.24) is 9.78 Å². The SMILES string of the molecule is Cn1ccc(OC2CCC(C(=O)O)CC2)n1. The van der Waals surface area contributed by atoms with Crippen molar-refractivity contribution in [2.45, 2.75) is 31.8 Å². The second kappa shape index (κ2) is 4.55. The molecule has 0 aromatic carbocycles. The third-order valence-electron chi connectivity index (χ3n) is 3.00. The maximum Gasteiger partial charge on any atom is 0.306 e. The molecule has 5 heteroatoms. The minimum atomic E-state index is -0.684. The number of nitrogens with zero attached hydrogens (tertiary/aromatic N) is 2. The van der Waals surface area contributed by atoms with Crippen molar-refractivity contribution in [3.63, 3.8) is 0 Å². The van der Waals surface area contributed by atoms with Gasteiger partial charge in [-0.15, -0.1) is 5.10 Å². The van der Waals surface area contributed by atoms with Gasteiger partial charge < -0.3 is 9.84 Å². The Balaban J connectivity index is 1.83. The summed E-state index contributed by atoms with van der Waals surface area (Å²) >= 11 is 0. The number of hydrogen-bond acceptors (Lipinski definition) is 3. The number of aromatic nitrogens is 2. The molecule has 1 heterocycles. The van der Waals surface area contributed by atoms with Gasteiger partial charge in [-0.1, -0.05) is 0 Å². The Kier molecular flexibility index (Phi) is 3.12. The van der Waals surface area contributed by atoms with Crippen LogP contribution in [0.2, 0.25) is 0 Å². The fourth-order valence-corrected chi connectivity index (χ4v) is 2.06. The van der Waals surface area contributed by atoms with Crippen molar-refractivity contribution in [3.8, 4) is 5.88 Å². The van der Waals surface area contributed by atoms with E-state index in [4.69, 9.17) is 9.84 Å². The van der Waals surface area contributed by atoms with Crippen molar-refractivity contribution in [3.05, 3.63) is 12.3 Å². The zero-order valence-corrected chi connectivity index (χ0v) is 9.30. The van der Waals surface area contributed by atoms with E-state index < -0.39 is 5.97 Å². The molecule has 0 saturated heterocycles. The van der Waals surface area contributed by atoms with Gasteiger partial charge in [0.2, 0.25) is 5.88 Å². The lowest BCUT2D eigenvalue weighted by Gasteiger charge is -2.25. The minimum absolute atomic E-state index is 0.116. The average Bonchev–Trinajstić information content (AvgIpc) is 2.65. The van der Waals surface area contributed by atoms with Gasteiger partial charge in [-0.3, -0.25) is 9.48 Å². The molecule has 1 fully saturated rings. The van der Waals surface area contributed by atoms with E-state index in [2.05, 4.69) is 5.10 Å². The van der Waals surface area contributed by atoms with Gasteiger partial charge in [-0.25, -0.2) is 0 Å². The summed E-state index contributed by atoms with van der Waals surface area (Å²) in [6.45, 7) is 0. The Hall–Kier alpha value is -1.52. The van der Waals surface area contributed by atoms with Crippen LogP contribution in [0.25, 0.3) is 0 Å². The van der Waals surface area contributed by atoms with Crippen LogP contribution in [0.1, 0.15) is 25.7 Å².